The molecule has 0 saturated heterocycles. The summed E-state index contributed by atoms with van der Waals surface area (Å²) in [5.74, 6) is -1.24. The molecule has 1 aliphatic rings. The first-order chi connectivity index (χ1) is 9.40. The van der Waals surface area contributed by atoms with Crippen molar-refractivity contribution in [3.05, 3.63) is 29.3 Å². The van der Waals surface area contributed by atoms with Crippen molar-refractivity contribution in [1.29, 1.82) is 0 Å². The normalized spacial score (nSPS) is 19.2. The van der Waals surface area contributed by atoms with Gasteiger partial charge >= 0.3 is 5.97 Å². The summed E-state index contributed by atoms with van der Waals surface area (Å²) in [4.78, 5) is 11.7. The van der Waals surface area contributed by atoms with Crippen molar-refractivity contribution >= 4 is 27.4 Å². The first-order valence-corrected chi connectivity index (χ1v) is 8.50. The van der Waals surface area contributed by atoms with E-state index in [0.29, 0.717) is 17.9 Å². The fraction of sp³-hybridized carbons (Fsp3) is 0.500. The summed E-state index contributed by atoms with van der Waals surface area (Å²) >= 11 is 5.76. The van der Waals surface area contributed by atoms with Gasteiger partial charge in [-0.05, 0) is 37.1 Å². The van der Waals surface area contributed by atoms with Gasteiger partial charge in [0.2, 0.25) is 0 Å². The van der Waals surface area contributed by atoms with Crippen LogP contribution in [0.25, 0.3) is 0 Å². The molecule has 0 amide bonds. The summed E-state index contributed by atoms with van der Waals surface area (Å²) in [6.45, 7) is 0. The topological polar surface area (TPSA) is 71.4 Å². The predicted octanol–water partition coefficient (Wildman–Crippen LogP) is 3.29. The molecule has 6 heteroatoms. The smallest absolute Gasteiger partial charge is 0.325 e. The highest BCUT2D eigenvalue weighted by Gasteiger charge is 2.51. The highest BCUT2D eigenvalue weighted by molar-refractivity contribution is 7.93. The molecule has 0 radical (unpaired) electrons. The van der Waals surface area contributed by atoms with Gasteiger partial charge in [-0.1, -0.05) is 37.3 Å². The number of hydrogen-bond donors (Lipinski definition) is 1. The van der Waals surface area contributed by atoms with E-state index in [0.717, 1.165) is 12.8 Å². The quantitative estimate of drug-likeness (QED) is 0.869. The van der Waals surface area contributed by atoms with Gasteiger partial charge in [-0.3, -0.25) is 4.79 Å². The summed E-state index contributed by atoms with van der Waals surface area (Å²) < 4.78 is 23.9. The molecule has 1 aliphatic carbocycles. The van der Waals surface area contributed by atoms with Crippen molar-refractivity contribution < 1.29 is 18.3 Å². The van der Waals surface area contributed by atoms with Gasteiger partial charge in [0, 0.05) is 5.02 Å². The maximum Gasteiger partial charge on any atom is 0.325 e. The molecule has 0 spiro atoms. The van der Waals surface area contributed by atoms with Crippen LogP contribution in [0.3, 0.4) is 0 Å². The molecule has 1 N–H and O–H groups in total. The predicted molar refractivity (Wildman–Crippen MR) is 76.7 cm³/mol. The van der Waals surface area contributed by atoms with Gasteiger partial charge in [-0.25, -0.2) is 8.42 Å². The Kier molecular flexibility index (Phi) is 4.39. The van der Waals surface area contributed by atoms with Crippen LogP contribution in [0.4, 0.5) is 0 Å². The minimum absolute atomic E-state index is 0.0335. The highest BCUT2D eigenvalue weighted by Crippen LogP contribution is 2.38. The molecule has 110 valence electrons. The van der Waals surface area contributed by atoms with E-state index in [9.17, 15) is 18.3 Å². The van der Waals surface area contributed by atoms with Crippen molar-refractivity contribution in [2.45, 2.75) is 48.2 Å². The van der Waals surface area contributed by atoms with E-state index in [-0.39, 0.29) is 17.7 Å². The Labute approximate surface area is 123 Å². The Bertz CT molecular complexity index is 584. The van der Waals surface area contributed by atoms with Crippen LogP contribution in [0, 0.1) is 0 Å². The zero-order chi connectivity index (χ0) is 14.8. The van der Waals surface area contributed by atoms with E-state index in [1.807, 2.05) is 0 Å². The summed E-state index contributed by atoms with van der Waals surface area (Å²) in [6, 6.07) is 5.71. The average molecular weight is 317 g/mol. The standard InChI is InChI=1S/C14H17ClO4S/c15-11-5-7-12(8-6-11)20(18,19)14(13(16)17)9-3-1-2-4-10-14/h5-8H,1-4,9-10H2,(H,16,17). The zero-order valence-electron chi connectivity index (χ0n) is 11.0. The van der Waals surface area contributed by atoms with E-state index >= 15 is 0 Å². The summed E-state index contributed by atoms with van der Waals surface area (Å²) in [7, 11) is -3.92. The van der Waals surface area contributed by atoms with Crippen LogP contribution in [0.15, 0.2) is 29.2 Å². The summed E-state index contributed by atoms with van der Waals surface area (Å²) in [6.07, 6.45) is 3.36. The third kappa shape index (κ3) is 2.56. The Hall–Kier alpha value is -1.07. The molecule has 4 nitrogen and oxygen atoms in total. The maximum absolute atomic E-state index is 12.8. The molecule has 1 aromatic carbocycles. The second-order valence-corrected chi connectivity index (χ2v) is 7.87. The van der Waals surface area contributed by atoms with Crippen molar-refractivity contribution in [2.75, 3.05) is 0 Å². The minimum Gasteiger partial charge on any atom is -0.480 e. The first-order valence-electron chi connectivity index (χ1n) is 6.64. The number of carboxylic acids is 1. The lowest BCUT2D eigenvalue weighted by Crippen LogP contribution is -2.46. The van der Waals surface area contributed by atoms with Crippen LogP contribution in [-0.4, -0.2) is 24.2 Å². The van der Waals surface area contributed by atoms with Crippen molar-refractivity contribution in [1.82, 2.24) is 0 Å². The van der Waals surface area contributed by atoms with Gasteiger partial charge in [-0.2, -0.15) is 0 Å². The number of aliphatic carboxylic acids is 1. The molecule has 0 aliphatic heterocycles. The number of benzene rings is 1. The van der Waals surface area contributed by atoms with Crippen LogP contribution in [0.5, 0.6) is 0 Å². The highest BCUT2D eigenvalue weighted by atomic mass is 35.5. The van der Waals surface area contributed by atoms with E-state index in [4.69, 9.17) is 11.6 Å². The Morgan fingerprint density at radius 1 is 1.05 bits per heavy atom. The molecule has 1 aromatic rings. The van der Waals surface area contributed by atoms with Crippen LogP contribution < -0.4 is 0 Å². The molecule has 0 heterocycles. The van der Waals surface area contributed by atoms with Gasteiger partial charge in [0.15, 0.2) is 14.6 Å². The van der Waals surface area contributed by atoms with Crippen molar-refractivity contribution in [2.24, 2.45) is 0 Å². The van der Waals surface area contributed by atoms with Crippen LogP contribution in [-0.2, 0) is 14.6 Å². The van der Waals surface area contributed by atoms with Crippen molar-refractivity contribution in [3.63, 3.8) is 0 Å². The monoisotopic (exact) mass is 316 g/mol. The largest absolute Gasteiger partial charge is 0.480 e. The maximum atomic E-state index is 12.8. The number of rotatable bonds is 3. The van der Waals surface area contributed by atoms with E-state index in [1.54, 1.807) is 0 Å². The molecule has 1 fully saturated rings. The van der Waals surface area contributed by atoms with Crippen LogP contribution in [0.2, 0.25) is 5.02 Å². The zero-order valence-corrected chi connectivity index (χ0v) is 12.6. The molecule has 20 heavy (non-hydrogen) atoms. The number of carbonyl (C=O) groups is 1. The third-order valence-electron chi connectivity index (χ3n) is 3.94. The van der Waals surface area contributed by atoms with Crippen molar-refractivity contribution in [3.8, 4) is 0 Å². The molecular weight excluding hydrogens is 300 g/mol. The Morgan fingerprint density at radius 3 is 2.00 bits per heavy atom. The molecule has 1 saturated carbocycles. The molecule has 2 rings (SSSR count). The van der Waals surface area contributed by atoms with Gasteiger partial charge in [-0.15, -0.1) is 0 Å². The minimum atomic E-state index is -3.92. The van der Waals surface area contributed by atoms with E-state index in [2.05, 4.69) is 0 Å². The van der Waals surface area contributed by atoms with Crippen LogP contribution >= 0.6 is 11.6 Å². The van der Waals surface area contributed by atoms with Gasteiger partial charge in [0.25, 0.3) is 0 Å². The number of carboxylic acid groups (broad SMARTS) is 1. The first kappa shape index (κ1) is 15.3. The molecule has 0 atom stereocenters. The fourth-order valence-electron chi connectivity index (χ4n) is 2.74. The SMILES string of the molecule is O=C(O)C1(S(=O)(=O)c2ccc(Cl)cc2)CCCCCC1. The third-order valence-corrected chi connectivity index (χ3v) is 6.70. The summed E-state index contributed by atoms with van der Waals surface area (Å²) in [5, 5.41) is 9.99. The lowest BCUT2D eigenvalue weighted by molar-refractivity contribution is -0.140. The van der Waals surface area contributed by atoms with Gasteiger partial charge < -0.3 is 5.11 Å². The molecule has 0 unspecified atom stereocenters. The van der Waals surface area contributed by atoms with Gasteiger partial charge in [0.1, 0.15) is 0 Å². The second-order valence-electron chi connectivity index (χ2n) is 5.17. The number of sulfone groups is 1. The number of halogens is 1. The lowest BCUT2D eigenvalue weighted by Gasteiger charge is -2.27. The Morgan fingerprint density at radius 2 is 1.55 bits per heavy atom. The molecule has 0 aromatic heterocycles. The molecular formula is C14H17ClO4S. The van der Waals surface area contributed by atoms with E-state index in [1.165, 1.54) is 24.3 Å². The second kappa shape index (κ2) is 5.74. The van der Waals surface area contributed by atoms with Gasteiger partial charge in [0.05, 0.1) is 4.90 Å². The molecule has 0 bridgehead atoms. The average Bonchev–Trinajstić information content (AvgIpc) is 2.66. The lowest BCUT2D eigenvalue weighted by atomic mass is 9.99. The van der Waals surface area contributed by atoms with Crippen LogP contribution in [0.1, 0.15) is 38.5 Å². The Balaban J connectivity index is 2.52. The van der Waals surface area contributed by atoms with E-state index < -0.39 is 20.6 Å². The fourth-order valence-corrected chi connectivity index (χ4v) is 4.86. The number of hydrogen-bond acceptors (Lipinski definition) is 3. The summed E-state index contributed by atoms with van der Waals surface area (Å²) in [5.41, 5.74) is 0.